The first-order valence-corrected chi connectivity index (χ1v) is 8.60. The Hall–Kier alpha value is -1.97. The van der Waals surface area contributed by atoms with Gasteiger partial charge in [0, 0.05) is 5.41 Å². The van der Waals surface area contributed by atoms with E-state index in [4.69, 9.17) is 32.7 Å². The first-order valence-electron chi connectivity index (χ1n) is 7.85. The largest absolute Gasteiger partial charge is 0.489 e. The first-order chi connectivity index (χ1) is 11.9. The van der Waals surface area contributed by atoms with Gasteiger partial charge >= 0.3 is 0 Å². The highest BCUT2D eigenvalue weighted by molar-refractivity contribution is 6.55. The van der Waals surface area contributed by atoms with Gasteiger partial charge in [-0.3, -0.25) is 4.79 Å². The van der Waals surface area contributed by atoms with E-state index in [1.165, 1.54) is 0 Å². The van der Waals surface area contributed by atoms with Gasteiger partial charge in [0.2, 0.25) is 0 Å². The standard InChI is InChI=1S/C20H20Cl2O3/c1-20(2,16-5-9-18(10-6-16)25-14-12-23)15-3-7-17(8-4-15)24-13-11-19(21)22/h3-12H,13-14H2,1-2H3. The van der Waals surface area contributed by atoms with Crippen molar-refractivity contribution in [3.63, 3.8) is 0 Å². The molecule has 25 heavy (non-hydrogen) atoms. The van der Waals surface area contributed by atoms with Crippen LogP contribution in [0.1, 0.15) is 25.0 Å². The molecule has 0 aliphatic heterocycles. The van der Waals surface area contributed by atoms with Gasteiger partial charge in [-0.1, -0.05) is 61.3 Å². The van der Waals surface area contributed by atoms with Crippen molar-refractivity contribution >= 4 is 29.5 Å². The van der Waals surface area contributed by atoms with Crippen LogP contribution in [0.5, 0.6) is 11.5 Å². The Morgan fingerprint density at radius 1 is 0.880 bits per heavy atom. The SMILES string of the molecule is CC(C)(c1ccc(OCC=O)cc1)c1ccc(OCC=C(Cl)Cl)cc1. The maximum Gasteiger partial charge on any atom is 0.157 e. The Bertz CT molecular complexity index is 716. The summed E-state index contributed by atoms with van der Waals surface area (Å²) in [6.45, 7) is 4.70. The van der Waals surface area contributed by atoms with E-state index in [1.807, 2.05) is 48.5 Å². The molecule has 3 nitrogen and oxygen atoms in total. The fraction of sp³-hybridized carbons (Fsp3) is 0.250. The van der Waals surface area contributed by atoms with Crippen LogP contribution in [-0.4, -0.2) is 19.5 Å². The Balaban J connectivity index is 2.10. The zero-order valence-electron chi connectivity index (χ0n) is 14.2. The van der Waals surface area contributed by atoms with Gasteiger partial charge in [-0.15, -0.1) is 0 Å². The Kier molecular flexibility index (Phi) is 6.91. The van der Waals surface area contributed by atoms with Gasteiger partial charge < -0.3 is 9.47 Å². The van der Waals surface area contributed by atoms with Crippen molar-refractivity contribution in [3.05, 3.63) is 70.2 Å². The lowest BCUT2D eigenvalue weighted by Gasteiger charge is -2.26. The zero-order chi connectivity index (χ0) is 18.3. The molecule has 2 rings (SSSR count). The third kappa shape index (κ3) is 5.52. The monoisotopic (exact) mass is 378 g/mol. The lowest BCUT2D eigenvalue weighted by Crippen LogP contribution is -2.18. The van der Waals surface area contributed by atoms with Crippen LogP contribution in [0.2, 0.25) is 0 Å². The third-order valence-corrected chi connectivity index (χ3v) is 4.27. The van der Waals surface area contributed by atoms with Gasteiger partial charge in [-0.2, -0.15) is 0 Å². The molecular formula is C20H20Cl2O3. The maximum absolute atomic E-state index is 10.4. The van der Waals surface area contributed by atoms with Crippen molar-refractivity contribution in [2.24, 2.45) is 0 Å². The molecule has 0 amide bonds. The van der Waals surface area contributed by atoms with Crippen molar-refractivity contribution in [1.82, 2.24) is 0 Å². The van der Waals surface area contributed by atoms with E-state index in [0.717, 1.165) is 23.2 Å². The van der Waals surface area contributed by atoms with Gasteiger partial charge in [0.25, 0.3) is 0 Å². The molecule has 132 valence electrons. The second-order valence-electron chi connectivity index (χ2n) is 5.96. The third-order valence-electron chi connectivity index (χ3n) is 3.96. The summed E-state index contributed by atoms with van der Waals surface area (Å²) in [5.74, 6) is 1.43. The highest BCUT2D eigenvalue weighted by atomic mass is 35.5. The number of carbonyl (C=O) groups excluding carboxylic acids is 1. The van der Waals surface area contributed by atoms with Crippen LogP contribution in [0.4, 0.5) is 0 Å². The molecule has 0 heterocycles. The number of rotatable bonds is 8. The molecule has 0 aliphatic carbocycles. The van der Waals surface area contributed by atoms with Crippen LogP contribution < -0.4 is 9.47 Å². The fourth-order valence-electron chi connectivity index (χ4n) is 2.43. The van der Waals surface area contributed by atoms with Crippen LogP contribution in [0.25, 0.3) is 0 Å². The van der Waals surface area contributed by atoms with E-state index >= 15 is 0 Å². The predicted molar refractivity (Wildman–Crippen MR) is 102 cm³/mol. The summed E-state index contributed by atoms with van der Waals surface area (Å²) >= 11 is 11.1. The van der Waals surface area contributed by atoms with Crippen molar-refractivity contribution in [2.45, 2.75) is 19.3 Å². The molecule has 0 N–H and O–H groups in total. The lowest BCUT2D eigenvalue weighted by atomic mass is 9.78. The predicted octanol–water partition coefficient (Wildman–Crippen LogP) is 5.29. The highest BCUT2D eigenvalue weighted by Crippen LogP contribution is 2.33. The number of aldehydes is 1. The minimum Gasteiger partial charge on any atom is -0.489 e. The Morgan fingerprint density at radius 3 is 1.72 bits per heavy atom. The van der Waals surface area contributed by atoms with E-state index in [9.17, 15) is 4.79 Å². The minimum absolute atomic E-state index is 0.0638. The summed E-state index contributed by atoms with van der Waals surface area (Å²) in [5.41, 5.74) is 2.13. The summed E-state index contributed by atoms with van der Waals surface area (Å²) in [5, 5.41) is 0. The molecule has 2 aromatic rings. The average Bonchev–Trinajstić information content (AvgIpc) is 2.60. The number of hydrogen-bond donors (Lipinski definition) is 0. The van der Waals surface area contributed by atoms with Gasteiger partial charge in [0.1, 0.15) is 29.2 Å². The number of benzene rings is 2. The number of halogens is 2. The van der Waals surface area contributed by atoms with Gasteiger partial charge in [-0.25, -0.2) is 0 Å². The first kappa shape index (κ1) is 19.4. The van der Waals surface area contributed by atoms with Crippen molar-refractivity contribution in [3.8, 4) is 11.5 Å². The number of ether oxygens (including phenoxy) is 2. The minimum atomic E-state index is -0.179. The van der Waals surface area contributed by atoms with Gasteiger partial charge in [0.15, 0.2) is 6.29 Å². The van der Waals surface area contributed by atoms with Crippen molar-refractivity contribution in [1.29, 1.82) is 0 Å². The number of hydrogen-bond acceptors (Lipinski definition) is 3. The Labute approximate surface area is 158 Å². The second kappa shape index (κ2) is 8.93. The highest BCUT2D eigenvalue weighted by Gasteiger charge is 2.23. The van der Waals surface area contributed by atoms with Crippen LogP contribution in [0, 0.1) is 0 Å². The van der Waals surface area contributed by atoms with E-state index in [1.54, 1.807) is 6.08 Å². The van der Waals surface area contributed by atoms with Crippen molar-refractivity contribution in [2.75, 3.05) is 13.2 Å². The van der Waals surface area contributed by atoms with Crippen LogP contribution in [0.15, 0.2) is 59.1 Å². The smallest absolute Gasteiger partial charge is 0.157 e. The molecule has 0 aliphatic rings. The molecule has 0 atom stereocenters. The molecule has 0 saturated heterocycles. The quantitative estimate of drug-likeness (QED) is 0.585. The Morgan fingerprint density at radius 2 is 1.32 bits per heavy atom. The normalized spacial score (nSPS) is 10.9. The summed E-state index contributed by atoms with van der Waals surface area (Å²) in [7, 11) is 0. The summed E-state index contributed by atoms with van der Waals surface area (Å²) in [6, 6.07) is 15.7. The van der Waals surface area contributed by atoms with Crippen LogP contribution in [-0.2, 0) is 10.2 Å². The van der Waals surface area contributed by atoms with Gasteiger partial charge in [0.05, 0.1) is 0 Å². The van der Waals surface area contributed by atoms with Crippen LogP contribution in [0.3, 0.4) is 0 Å². The maximum atomic E-state index is 10.4. The molecule has 0 bridgehead atoms. The second-order valence-corrected chi connectivity index (χ2v) is 6.96. The van der Waals surface area contributed by atoms with E-state index < -0.39 is 0 Å². The van der Waals surface area contributed by atoms with Crippen LogP contribution >= 0.6 is 23.2 Å². The number of carbonyl (C=O) groups is 1. The van der Waals surface area contributed by atoms with Crippen molar-refractivity contribution < 1.29 is 14.3 Å². The summed E-state index contributed by atoms with van der Waals surface area (Å²) < 4.78 is 11.0. The van der Waals surface area contributed by atoms with E-state index in [-0.39, 0.29) is 16.5 Å². The zero-order valence-corrected chi connectivity index (χ0v) is 15.7. The van der Waals surface area contributed by atoms with E-state index in [0.29, 0.717) is 12.4 Å². The molecular weight excluding hydrogens is 359 g/mol. The average molecular weight is 379 g/mol. The van der Waals surface area contributed by atoms with Gasteiger partial charge in [-0.05, 0) is 41.5 Å². The lowest BCUT2D eigenvalue weighted by molar-refractivity contribution is -0.109. The molecule has 0 unspecified atom stereocenters. The molecule has 0 fully saturated rings. The fourth-order valence-corrected chi connectivity index (χ4v) is 2.56. The molecule has 5 heteroatoms. The molecule has 0 spiro atoms. The summed E-state index contributed by atoms with van der Waals surface area (Å²) in [4.78, 5) is 10.4. The molecule has 2 aromatic carbocycles. The summed E-state index contributed by atoms with van der Waals surface area (Å²) in [6.07, 6.45) is 2.33. The topological polar surface area (TPSA) is 35.5 Å². The molecule has 0 saturated carbocycles. The molecule has 0 aromatic heterocycles. The van der Waals surface area contributed by atoms with E-state index in [2.05, 4.69) is 13.8 Å². The molecule has 0 radical (unpaired) electrons.